The number of hydrogen-bond donors (Lipinski definition) is 2. The van der Waals surface area contributed by atoms with Gasteiger partial charge in [0.25, 0.3) is 5.91 Å². The number of ether oxygens (including phenoxy) is 2. The van der Waals surface area contributed by atoms with Crippen molar-refractivity contribution in [3.8, 4) is 11.5 Å². The van der Waals surface area contributed by atoms with Crippen LogP contribution in [0, 0.1) is 0 Å². The Morgan fingerprint density at radius 3 is 2.69 bits per heavy atom. The van der Waals surface area contributed by atoms with E-state index in [4.69, 9.17) is 21.1 Å². The third kappa shape index (κ3) is 3.47. The molecule has 0 bridgehead atoms. The van der Waals surface area contributed by atoms with Crippen molar-refractivity contribution in [2.75, 3.05) is 13.2 Å². The van der Waals surface area contributed by atoms with Crippen LogP contribution < -0.4 is 20.2 Å². The first-order valence-corrected chi connectivity index (χ1v) is 9.36. The number of amides is 4. The minimum Gasteiger partial charge on any atom is -0.486 e. The van der Waals surface area contributed by atoms with Gasteiger partial charge in [-0.25, -0.2) is 4.79 Å². The Labute approximate surface area is 171 Å². The van der Waals surface area contributed by atoms with E-state index in [9.17, 15) is 14.4 Å². The standard InChI is InChI=1S/C20H18ClN3O5/c1-20(13-5-3-2-4-6-13)18(26)24(19(27)22-20)23-16(25)11-12-9-14(21)17-15(10-12)28-7-8-29-17/h2-6,9-10H,7-8,11H2,1H3,(H,22,27)(H,23,25)/t20-/m0/s1. The highest BCUT2D eigenvalue weighted by Crippen LogP contribution is 2.38. The molecule has 4 amide bonds. The highest BCUT2D eigenvalue weighted by atomic mass is 35.5. The second kappa shape index (κ2) is 7.29. The van der Waals surface area contributed by atoms with Crippen molar-refractivity contribution < 1.29 is 23.9 Å². The molecule has 2 aliphatic heterocycles. The van der Waals surface area contributed by atoms with Crippen molar-refractivity contribution in [2.24, 2.45) is 0 Å². The number of halogens is 1. The van der Waals surface area contributed by atoms with Crippen LogP contribution in [0.1, 0.15) is 18.1 Å². The second-order valence-electron chi connectivity index (χ2n) is 6.88. The first kappa shape index (κ1) is 19.1. The number of rotatable bonds is 4. The molecule has 0 aliphatic carbocycles. The number of nitrogens with one attached hydrogen (secondary N) is 2. The molecule has 1 fully saturated rings. The van der Waals surface area contributed by atoms with Gasteiger partial charge in [-0.15, -0.1) is 0 Å². The van der Waals surface area contributed by atoms with Gasteiger partial charge in [-0.3, -0.25) is 15.0 Å². The largest absolute Gasteiger partial charge is 0.486 e. The number of nitrogens with zero attached hydrogens (tertiary/aromatic N) is 1. The Morgan fingerprint density at radius 2 is 1.93 bits per heavy atom. The van der Waals surface area contributed by atoms with Crippen molar-refractivity contribution in [2.45, 2.75) is 18.9 Å². The van der Waals surface area contributed by atoms with Gasteiger partial charge < -0.3 is 14.8 Å². The van der Waals surface area contributed by atoms with Crippen LogP contribution in [0.15, 0.2) is 42.5 Å². The Bertz CT molecular complexity index is 997. The molecule has 2 aliphatic rings. The topological polar surface area (TPSA) is 97.0 Å². The van der Waals surface area contributed by atoms with Crippen LogP contribution in [-0.4, -0.2) is 36.1 Å². The van der Waals surface area contributed by atoms with Crippen molar-refractivity contribution in [1.29, 1.82) is 0 Å². The Morgan fingerprint density at radius 1 is 1.21 bits per heavy atom. The molecule has 8 nitrogen and oxygen atoms in total. The van der Waals surface area contributed by atoms with Crippen LogP contribution in [0.4, 0.5) is 4.79 Å². The van der Waals surface area contributed by atoms with Crippen molar-refractivity contribution in [3.63, 3.8) is 0 Å². The van der Waals surface area contributed by atoms with E-state index >= 15 is 0 Å². The first-order chi connectivity index (χ1) is 13.9. The molecule has 29 heavy (non-hydrogen) atoms. The second-order valence-corrected chi connectivity index (χ2v) is 7.28. The van der Waals surface area contributed by atoms with Crippen LogP contribution >= 0.6 is 11.6 Å². The van der Waals surface area contributed by atoms with Crippen molar-refractivity contribution >= 4 is 29.4 Å². The Kier molecular flexibility index (Phi) is 4.79. The number of urea groups is 1. The summed E-state index contributed by atoms with van der Waals surface area (Å²) in [5, 5.41) is 3.66. The van der Waals surface area contributed by atoms with E-state index in [2.05, 4.69) is 10.7 Å². The molecule has 0 spiro atoms. The normalized spacial score (nSPS) is 20.4. The number of imide groups is 1. The number of fused-ring (bicyclic) bond motifs is 1. The lowest BCUT2D eigenvalue weighted by molar-refractivity contribution is -0.138. The highest BCUT2D eigenvalue weighted by molar-refractivity contribution is 6.32. The summed E-state index contributed by atoms with van der Waals surface area (Å²) in [4.78, 5) is 37.7. The van der Waals surface area contributed by atoms with Crippen LogP contribution in [-0.2, 0) is 21.5 Å². The van der Waals surface area contributed by atoms with E-state index in [1.165, 1.54) is 0 Å². The molecule has 4 rings (SSSR count). The first-order valence-electron chi connectivity index (χ1n) is 8.98. The molecule has 0 radical (unpaired) electrons. The fraction of sp³-hybridized carbons (Fsp3) is 0.250. The average molecular weight is 416 g/mol. The third-order valence-electron chi connectivity index (χ3n) is 4.80. The van der Waals surface area contributed by atoms with Crippen LogP contribution in [0.2, 0.25) is 5.02 Å². The van der Waals surface area contributed by atoms with Gasteiger partial charge in [0.2, 0.25) is 5.91 Å². The van der Waals surface area contributed by atoms with Gasteiger partial charge in [0.1, 0.15) is 18.8 Å². The summed E-state index contributed by atoms with van der Waals surface area (Å²) in [6.07, 6.45) is -0.102. The maximum atomic E-state index is 12.8. The highest BCUT2D eigenvalue weighted by Gasteiger charge is 2.49. The fourth-order valence-corrected chi connectivity index (χ4v) is 3.61. The molecule has 9 heteroatoms. The molecular formula is C20H18ClN3O5. The lowest BCUT2D eigenvalue weighted by atomic mass is 9.92. The molecule has 0 aromatic heterocycles. The van der Waals surface area contributed by atoms with E-state index < -0.39 is 23.4 Å². The molecule has 2 heterocycles. The molecular weight excluding hydrogens is 398 g/mol. The summed E-state index contributed by atoms with van der Waals surface area (Å²) < 4.78 is 11.0. The van der Waals surface area contributed by atoms with E-state index in [0.29, 0.717) is 45.9 Å². The summed E-state index contributed by atoms with van der Waals surface area (Å²) in [5.74, 6) is -0.214. The SMILES string of the molecule is C[C@@]1(c2ccccc2)NC(=O)N(NC(=O)Cc2cc(Cl)c3c(c2)OCCO3)C1=O. The zero-order valence-electron chi connectivity index (χ0n) is 15.5. The van der Waals surface area contributed by atoms with E-state index in [1.54, 1.807) is 43.3 Å². The van der Waals surface area contributed by atoms with Gasteiger partial charge in [0.15, 0.2) is 11.5 Å². The molecule has 0 unspecified atom stereocenters. The average Bonchev–Trinajstić information content (AvgIpc) is 2.93. The number of benzene rings is 2. The molecule has 150 valence electrons. The monoisotopic (exact) mass is 415 g/mol. The zero-order valence-corrected chi connectivity index (χ0v) is 16.3. The van der Waals surface area contributed by atoms with Gasteiger partial charge in [-0.05, 0) is 30.2 Å². The summed E-state index contributed by atoms with van der Waals surface area (Å²) in [5.41, 5.74) is 2.29. The third-order valence-corrected chi connectivity index (χ3v) is 5.08. The van der Waals surface area contributed by atoms with E-state index in [-0.39, 0.29) is 6.42 Å². The molecule has 0 saturated carbocycles. The predicted molar refractivity (Wildman–Crippen MR) is 103 cm³/mol. The summed E-state index contributed by atoms with van der Waals surface area (Å²) in [7, 11) is 0. The maximum absolute atomic E-state index is 12.8. The van der Waals surface area contributed by atoms with Crippen LogP contribution in [0.25, 0.3) is 0 Å². The summed E-state index contributed by atoms with van der Waals surface area (Å²) in [6, 6.07) is 11.4. The summed E-state index contributed by atoms with van der Waals surface area (Å²) >= 11 is 6.19. The fourth-order valence-electron chi connectivity index (χ4n) is 3.32. The van der Waals surface area contributed by atoms with Crippen LogP contribution in [0.5, 0.6) is 11.5 Å². The number of hydrogen-bond acceptors (Lipinski definition) is 5. The smallest absolute Gasteiger partial charge is 0.344 e. The van der Waals surface area contributed by atoms with Gasteiger partial charge in [0, 0.05) is 0 Å². The lowest BCUT2D eigenvalue weighted by Crippen LogP contribution is -2.48. The molecule has 2 aromatic carbocycles. The molecule has 2 aromatic rings. The van der Waals surface area contributed by atoms with Gasteiger partial charge in [-0.2, -0.15) is 5.01 Å². The minimum absolute atomic E-state index is 0.102. The molecule has 1 saturated heterocycles. The van der Waals surface area contributed by atoms with Gasteiger partial charge >= 0.3 is 6.03 Å². The minimum atomic E-state index is -1.26. The zero-order chi connectivity index (χ0) is 20.6. The van der Waals surface area contributed by atoms with Crippen LogP contribution in [0.3, 0.4) is 0 Å². The summed E-state index contributed by atoms with van der Waals surface area (Å²) in [6.45, 7) is 2.38. The van der Waals surface area contributed by atoms with E-state index in [0.717, 1.165) is 0 Å². The van der Waals surface area contributed by atoms with E-state index in [1.807, 2.05) is 6.07 Å². The van der Waals surface area contributed by atoms with Gasteiger partial charge in [-0.1, -0.05) is 41.9 Å². The predicted octanol–water partition coefficient (Wildman–Crippen LogP) is 2.15. The quantitative estimate of drug-likeness (QED) is 0.746. The number of carbonyl (C=O) groups is 3. The Balaban J connectivity index is 1.48. The maximum Gasteiger partial charge on any atom is 0.344 e. The van der Waals surface area contributed by atoms with Crippen molar-refractivity contribution in [1.82, 2.24) is 15.8 Å². The lowest BCUT2D eigenvalue weighted by Gasteiger charge is -2.22. The molecule has 1 atom stereocenters. The van der Waals surface area contributed by atoms with Crippen molar-refractivity contribution in [3.05, 3.63) is 58.6 Å². The number of hydrazine groups is 1. The Hall–Kier alpha value is -3.26. The van der Waals surface area contributed by atoms with Gasteiger partial charge in [0.05, 0.1) is 11.4 Å². The number of carbonyl (C=O) groups excluding carboxylic acids is 3. The molecule has 2 N–H and O–H groups in total.